The Morgan fingerprint density at radius 3 is 2.90 bits per heavy atom. The third-order valence-electron chi connectivity index (χ3n) is 2.57. The number of ether oxygens (including phenoxy) is 1. The Bertz CT molecular complexity index is 566. The molecule has 0 aliphatic carbocycles. The molecule has 20 heavy (non-hydrogen) atoms. The molecule has 7 heteroatoms. The summed E-state index contributed by atoms with van der Waals surface area (Å²) in [6, 6.07) is 8.42. The van der Waals surface area contributed by atoms with Gasteiger partial charge in [0.1, 0.15) is 0 Å². The highest BCUT2D eigenvalue weighted by Gasteiger charge is 2.12. The minimum absolute atomic E-state index is 0.144. The van der Waals surface area contributed by atoms with E-state index in [9.17, 15) is 13.5 Å². The molecule has 1 aromatic rings. The monoisotopic (exact) mass is 298 g/mol. The smallest absolute Gasteiger partial charge is 0.215 e. The normalized spacial score (nSPS) is 12.8. The molecule has 0 fully saturated rings. The van der Waals surface area contributed by atoms with Crippen LogP contribution in [0.3, 0.4) is 0 Å². The van der Waals surface area contributed by atoms with Gasteiger partial charge in [-0.1, -0.05) is 12.1 Å². The van der Waals surface area contributed by atoms with Crippen molar-refractivity contribution >= 4 is 10.0 Å². The first-order valence-corrected chi connectivity index (χ1v) is 7.75. The predicted octanol–water partition coefficient (Wildman–Crippen LogP) is 0.375. The summed E-state index contributed by atoms with van der Waals surface area (Å²) in [7, 11) is -2.01. The minimum atomic E-state index is -3.48. The number of aliphatic hydroxyl groups is 1. The molecule has 0 spiro atoms. The molecule has 0 amide bonds. The van der Waals surface area contributed by atoms with E-state index in [1.807, 2.05) is 6.07 Å². The van der Waals surface area contributed by atoms with Gasteiger partial charge in [0.2, 0.25) is 10.0 Å². The van der Waals surface area contributed by atoms with E-state index in [0.717, 1.165) is 0 Å². The fourth-order valence-electron chi connectivity index (χ4n) is 1.66. The van der Waals surface area contributed by atoms with Gasteiger partial charge in [0, 0.05) is 13.7 Å². The minimum Gasteiger partial charge on any atom is -0.391 e. The van der Waals surface area contributed by atoms with E-state index in [0.29, 0.717) is 11.1 Å². The molecule has 0 aliphatic heterocycles. The molecule has 1 rings (SSSR count). The molecular weight excluding hydrogens is 280 g/mol. The second-order valence-electron chi connectivity index (χ2n) is 4.36. The zero-order valence-corrected chi connectivity index (χ0v) is 12.1. The summed E-state index contributed by atoms with van der Waals surface area (Å²) in [5.41, 5.74) is 0.974. The van der Waals surface area contributed by atoms with Gasteiger partial charge in [0.25, 0.3) is 0 Å². The lowest BCUT2D eigenvalue weighted by molar-refractivity contribution is 0.0603. The Balaban J connectivity index is 2.51. The highest BCUT2D eigenvalue weighted by molar-refractivity contribution is 7.88. The molecule has 0 saturated carbocycles. The number of aliphatic hydroxyl groups excluding tert-OH is 1. The molecule has 0 aliphatic rings. The van der Waals surface area contributed by atoms with E-state index in [1.54, 1.807) is 24.3 Å². The van der Waals surface area contributed by atoms with Crippen molar-refractivity contribution in [2.75, 3.05) is 20.3 Å². The van der Waals surface area contributed by atoms with Gasteiger partial charge in [0.15, 0.2) is 0 Å². The predicted molar refractivity (Wildman–Crippen MR) is 74.3 cm³/mol. The largest absolute Gasteiger partial charge is 0.391 e. The number of rotatable bonds is 8. The van der Waals surface area contributed by atoms with Crippen LogP contribution >= 0.6 is 0 Å². The SMILES string of the molecule is COCC(O)CCNS(=O)(=O)Cc1cccc(C#N)c1. The maximum Gasteiger partial charge on any atom is 0.215 e. The van der Waals surface area contributed by atoms with Crippen LogP contribution in [0.2, 0.25) is 0 Å². The Labute approximate surface area is 119 Å². The summed E-state index contributed by atoms with van der Waals surface area (Å²) >= 11 is 0. The molecule has 1 aromatic carbocycles. The Morgan fingerprint density at radius 2 is 2.25 bits per heavy atom. The van der Waals surface area contributed by atoms with Gasteiger partial charge in [-0.2, -0.15) is 5.26 Å². The van der Waals surface area contributed by atoms with Crippen LogP contribution in [0.15, 0.2) is 24.3 Å². The zero-order valence-electron chi connectivity index (χ0n) is 11.2. The Kier molecular flexibility index (Phi) is 6.61. The van der Waals surface area contributed by atoms with Gasteiger partial charge in [0.05, 0.1) is 30.1 Å². The van der Waals surface area contributed by atoms with Crippen molar-refractivity contribution in [3.05, 3.63) is 35.4 Å². The van der Waals surface area contributed by atoms with E-state index in [4.69, 9.17) is 10.00 Å². The van der Waals surface area contributed by atoms with E-state index < -0.39 is 16.1 Å². The molecule has 6 nitrogen and oxygen atoms in total. The summed E-state index contributed by atoms with van der Waals surface area (Å²) in [6.45, 7) is 0.316. The summed E-state index contributed by atoms with van der Waals surface area (Å²) in [5.74, 6) is -0.192. The number of nitriles is 1. The van der Waals surface area contributed by atoms with Crippen LogP contribution in [-0.2, 0) is 20.5 Å². The number of benzene rings is 1. The summed E-state index contributed by atoms with van der Waals surface area (Å²) < 4.78 is 30.8. The fourth-order valence-corrected chi connectivity index (χ4v) is 2.81. The van der Waals surface area contributed by atoms with Crippen molar-refractivity contribution in [3.63, 3.8) is 0 Å². The molecular formula is C13H18N2O4S. The van der Waals surface area contributed by atoms with E-state index in [2.05, 4.69) is 4.72 Å². The van der Waals surface area contributed by atoms with Crippen molar-refractivity contribution < 1.29 is 18.3 Å². The van der Waals surface area contributed by atoms with E-state index in [1.165, 1.54) is 7.11 Å². The van der Waals surface area contributed by atoms with Gasteiger partial charge in [-0.15, -0.1) is 0 Å². The van der Waals surface area contributed by atoms with Gasteiger partial charge >= 0.3 is 0 Å². The molecule has 2 N–H and O–H groups in total. The third-order valence-corrected chi connectivity index (χ3v) is 3.93. The van der Waals surface area contributed by atoms with Gasteiger partial charge < -0.3 is 9.84 Å². The third kappa shape index (κ3) is 6.12. The standard InChI is InChI=1S/C13H18N2O4S/c1-19-9-13(16)5-6-15-20(17,18)10-12-4-2-3-11(7-12)8-14/h2-4,7,13,15-16H,5-6,9-10H2,1H3. The topological polar surface area (TPSA) is 99.4 Å². The van der Waals surface area contributed by atoms with Gasteiger partial charge in [-0.05, 0) is 24.1 Å². The zero-order chi connectivity index (χ0) is 15.0. The lowest BCUT2D eigenvalue weighted by Gasteiger charge is -2.10. The highest BCUT2D eigenvalue weighted by Crippen LogP contribution is 2.08. The van der Waals surface area contributed by atoms with Crippen molar-refractivity contribution in [2.24, 2.45) is 0 Å². The number of methoxy groups -OCH3 is 1. The van der Waals surface area contributed by atoms with Crippen LogP contribution in [0, 0.1) is 11.3 Å². The average Bonchev–Trinajstić information content (AvgIpc) is 2.38. The maximum atomic E-state index is 11.8. The second-order valence-corrected chi connectivity index (χ2v) is 6.17. The Morgan fingerprint density at radius 1 is 1.50 bits per heavy atom. The molecule has 0 bridgehead atoms. The summed E-state index contributed by atoms with van der Waals surface area (Å²) in [4.78, 5) is 0. The average molecular weight is 298 g/mol. The quantitative estimate of drug-likeness (QED) is 0.722. The number of nitrogens with zero attached hydrogens (tertiary/aromatic N) is 1. The van der Waals surface area contributed by atoms with E-state index in [-0.39, 0.29) is 25.3 Å². The molecule has 110 valence electrons. The number of hydrogen-bond donors (Lipinski definition) is 2. The van der Waals surface area contributed by atoms with Crippen molar-refractivity contribution in [2.45, 2.75) is 18.3 Å². The Hall–Kier alpha value is -1.46. The lowest BCUT2D eigenvalue weighted by Crippen LogP contribution is -2.29. The fraction of sp³-hybridized carbons (Fsp3) is 0.462. The summed E-state index contributed by atoms with van der Waals surface area (Å²) in [5, 5.41) is 18.2. The molecule has 0 saturated heterocycles. The van der Waals surface area contributed by atoms with Crippen LogP contribution < -0.4 is 4.72 Å². The highest BCUT2D eigenvalue weighted by atomic mass is 32.2. The first-order chi connectivity index (χ1) is 9.46. The molecule has 0 heterocycles. The molecule has 1 unspecified atom stereocenters. The maximum absolute atomic E-state index is 11.8. The van der Waals surface area contributed by atoms with Gasteiger partial charge in [-0.25, -0.2) is 13.1 Å². The number of sulfonamides is 1. The van der Waals surface area contributed by atoms with Crippen LogP contribution in [0.4, 0.5) is 0 Å². The first-order valence-electron chi connectivity index (χ1n) is 6.10. The molecule has 1 atom stereocenters. The number of hydrogen-bond acceptors (Lipinski definition) is 5. The van der Waals surface area contributed by atoms with Crippen LogP contribution in [0.5, 0.6) is 0 Å². The van der Waals surface area contributed by atoms with Crippen molar-refractivity contribution in [1.29, 1.82) is 5.26 Å². The second kappa shape index (κ2) is 7.97. The number of nitrogens with one attached hydrogen (secondary N) is 1. The van der Waals surface area contributed by atoms with Gasteiger partial charge in [-0.3, -0.25) is 0 Å². The van der Waals surface area contributed by atoms with Crippen LogP contribution in [0.25, 0.3) is 0 Å². The molecule has 0 radical (unpaired) electrons. The van der Waals surface area contributed by atoms with Crippen molar-refractivity contribution in [3.8, 4) is 6.07 Å². The van der Waals surface area contributed by atoms with Crippen molar-refractivity contribution in [1.82, 2.24) is 4.72 Å². The van der Waals surface area contributed by atoms with Crippen LogP contribution in [0.1, 0.15) is 17.5 Å². The van der Waals surface area contributed by atoms with E-state index >= 15 is 0 Å². The summed E-state index contributed by atoms with van der Waals surface area (Å²) in [6.07, 6.45) is -0.407. The van der Waals surface area contributed by atoms with Crippen LogP contribution in [-0.4, -0.2) is 39.9 Å². The molecule has 0 aromatic heterocycles. The first kappa shape index (κ1) is 16.6. The lowest BCUT2D eigenvalue weighted by atomic mass is 10.2.